The molecule has 0 saturated carbocycles. The summed E-state index contributed by atoms with van der Waals surface area (Å²) in [4.78, 5) is 0. The number of aromatic nitrogens is 2. The van der Waals surface area contributed by atoms with E-state index in [1.807, 2.05) is 10.9 Å². The maximum absolute atomic E-state index is 5.97. The third-order valence-electron chi connectivity index (χ3n) is 3.58. The molecular formula is C14H25N3O. The fourth-order valence-electron chi connectivity index (χ4n) is 2.58. The van der Waals surface area contributed by atoms with Gasteiger partial charge in [0.1, 0.15) is 0 Å². The number of aryl methyl sites for hydroxylation is 1. The minimum absolute atomic E-state index is 0.225. The Morgan fingerprint density at radius 1 is 1.50 bits per heavy atom. The summed E-state index contributed by atoms with van der Waals surface area (Å²) >= 11 is 0. The van der Waals surface area contributed by atoms with Crippen molar-refractivity contribution in [1.29, 1.82) is 0 Å². The Balaban J connectivity index is 1.98. The first-order chi connectivity index (χ1) is 8.85. The fourth-order valence-corrected chi connectivity index (χ4v) is 2.58. The largest absolute Gasteiger partial charge is 0.373 e. The fraction of sp³-hybridized carbons (Fsp3) is 0.786. The molecule has 18 heavy (non-hydrogen) atoms. The summed E-state index contributed by atoms with van der Waals surface area (Å²) in [6.07, 6.45) is 7.93. The molecule has 0 radical (unpaired) electrons. The highest BCUT2D eigenvalue weighted by Crippen LogP contribution is 2.32. The van der Waals surface area contributed by atoms with E-state index < -0.39 is 0 Å². The van der Waals surface area contributed by atoms with Crippen LogP contribution in [0.2, 0.25) is 0 Å². The Kier molecular flexibility index (Phi) is 5.20. The topological polar surface area (TPSA) is 39.1 Å². The summed E-state index contributed by atoms with van der Waals surface area (Å²) in [5.74, 6) is 0.583. The summed E-state index contributed by atoms with van der Waals surface area (Å²) < 4.78 is 7.95. The van der Waals surface area contributed by atoms with Crippen molar-refractivity contribution in [2.45, 2.75) is 45.8 Å². The summed E-state index contributed by atoms with van der Waals surface area (Å²) in [7, 11) is 0. The van der Waals surface area contributed by atoms with Crippen molar-refractivity contribution in [2.75, 3.05) is 19.7 Å². The number of hydrogen-bond acceptors (Lipinski definition) is 3. The predicted molar refractivity (Wildman–Crippen MR) is 72.5 cm³/mol. The van der Waals surface area contributed by atoms with E-state index in [9.17, 15) is 0 Å². The van der Waals surface area contributed by atoms with E-state index in [2.05, 4.69) is 30.5 Å². The van der Waals surface area contributed by atoms with Crippen molar-refractivity contribution in [3.05, 3.63) is 18.0 Å². The lowest BCUT2D eigenvalue weighted by Crippen LogP contribution is -2.32. The van der Waals surface area contributed by atoms with Crippen LogP contribution in [0.25, 0.3) is 0 Å². The molecule has 0 spiro atoms. The van der Waals surface area contributed by atoms with Crippen molar-refractivity contribution in [3.8, 4) is 0 Å². The van der Waals surface area contributed by atoms with Crippen molar-refractivity contribution in [1.82, 2.24) is 15.1 Å². The number of hydrogen-bond donors (Lipinski definition) is 1. The van der Waals surface area contributed by atoms with Gasteiger partial charge in [0.25, 0.3) is 0 Å². The average molecular weight is 251 g/mol. The molecule has 0 bridgehead atoms. The molecule has 1 fully saturated rings. The van der Waals surface area contributed by atoms with Crippen LogP contribution in [0.5, 0.6) is 0 Å². The van der Waals surface area contributed by atoms with Gasteiger partial charge in [-0.25, -0.2) is 0 Å². The summed E-state index contributed by atoms with van der Waals surface area (Å²) in [5.41, 5.74) is 1.24. The first-order valence-corrected chi connectivity index (χ1v) is 7.19. The third-order valence-corrected chi connectivity index (χ3v) is 3.58. The van der Waals surface area contributed by atoms with E-state index >= 15 is 0 Å². The molecular weight excluding hydrogens is 226 g/mol. The Morgan fingerprint density at radius 2 is 2.39 bits per heavy atom. The van der Waals surface area contributed by atoms with E-state index in [1.54, 1.807) is 0 Å². The molecule has 1 aromatic rings. The van der Waals surface area contributed by atoms with Crippen molar-refractivity contribution < 1.29 is 4.74 Å². The standard InChI is InChI=1S/C14H25N3O/c1-3-7-15-9-12-6-5-8-18-14(12)13-10-16-17(4-2)11-13/h10-12,14-15H,3-9H2,1-2H3. The first kappa shape index (κ1) is 13.6. The zero-order valence-electron chi connectivity index (χ0n) is 11.6. The van der Waals surface area contributed by atoms with Gasteiger partial charge >= 0.3 is 0 Å². The van der Waals surface area contributed by atoms with E-state index in [4.69, 9.17) is 4.74 Å². The Labute approximate surface area is 110 Å². The molecule has 1 N–H and O–H groups in total. The van der Waals surface area contributed by atoms with Crippen molar-refractivity contribution in [3.63, 3.8) is 0 Å². The van der Waals surface area contributed by atoms with Crippen LogP contribution in [0.1, 0.15) is 44.8 Å². The lowest BCUT2D eigenvalue weighted by atomic mass is 9.91. The third kappa shape index (κ3) is 3.33. The molecule has 0 aromatic carbocycles. The van der Waals surface area contributed by atoms with E-state index in [-0.39, 0.29) is 6.10 Å². The summed E-state index contributed by atoms with van der Waals surface area (Å²) in [6.45, 7) is 8.26. The van der Waals surface area contributed by atoms with Crippen LogP contribution < -0.4 is 5.32 Å². The van der Waals surface area contributed by atoms with Crippen molar-refractivity contribution >= 4 is 0 Å². The van der Waals surface area contributed by atoms with E-state index in [0.717, 1.165) is 26.2 Å². The van der Waals surface area contributed by atoms with Gasteiger partial charge in [0.15, 0.2) is 0 Å². The lowest BCUT2D eigenvalue weighted by molar-refractivity contribution is -0.0277. The maximum atomic E-state index is 5.97. The van der Waals surface area contributed by atoms with Crippen LogP contribution in [-0.4, -0.2) is 29.5 Å². The van der Waals surface area contributed by atoms with Gasteiger partial charge in [0, 0.05) is 37.4 Å². The second-order valence-electron chi connectivity index (χ2n) is 5.03. The number of rotatable bonds is 6. The van der Waals surface area contributed by atoms with Crippen molar-refractivity contribution in [2.24, 2.45) is 5.92 Å². The highest BCUT2D eigenvalue weighted by molar-refractivity contribution is 5.10. The monoisotopic (exact) mass is 251 g/mol. The van der Waals surface area contributed by atoms with Gasteiger partial charge in [0.2, 0.25) is 0 Å². The molecule has 0 aliphatic carbocycles. The van der Waals surface area contributed by atoms with Crippen LogP contribution in [0, 0.1) is 5.92 Å². The van der Waals surface area contributed by atoms with Gasteiger partial charge in [-0.15, -0.1) is 0 Å². The number of ether oxygens (including phenoxy) is 1. The average Bonchev–Trinajstić information content (AvgIpc) is 2.88. The molecule has 2 rings (SSSR count). The molecule has 1 aromatic heterocycles. The lowest BCUT2D eigenvalue weighted by Gasteiger charge is -2.31. The summed E-state index contributed by atoms with van der Waals surface area (Å²) in [6, 6.07) is 0. The van der Waals surface area contributed by atoms with Gasteiger partial charge in [-0.1, -0.05) is 6.92 Å². The highest BCUT2D eigenvalue weighted by Gasteiger charge is 2.28. The Morgan fingerprint density at radius 3 is 3.11 bits per heavy atom. The normalized spacial score (nSPS) is 24.3. The molecule has 1 aliphatic heterocycles. The molecule has 102 valence electrons. The van der Waals surface area contributed by atoms with Crippen LogP contribution in [-0.2, 0) is 11.3 Å². The zero-order chi connectivity index (χ0) is 12.8. The molecule has 1 aliphatic rings. The van der Waals surface area contributed by atoms with E-state index in [1.165, 1.54) is 24.8 Å². The van der Waals surface area contributed by atoms with Crippen LogP contribution in [0.3, 0.4) is 0 Å². The predicted octanol–water partition coefficient (Wildman–Crippen LogP) is 2.37. The Bertz CT molecular complexity index is 351. The van der Waals surface area contributed by atoms with E-state index in [0.29, 0.717) is 5.92 Å². The molecule has 1 saturated heterocycles. The molecule has 2 unspecified atom stereocenters. The smallest absolute Gasteiger partial charge is 0.0895 e. The highest BCUT2D eigenvalue weighted by atomic mass is 16.5. The van der Waals surface area contributed by atoms with Gasteiger partial charge < -0.3 is 10.1 Å². The second kappa shape index (κ2) is 6.90. The van der Waals surface area contributed by atoms with Gasteiger partial charge in [-0.05, 0) is 32.7 Å². The Hall–Kier alpha value is -0.870. The molecule has 2 heterocycles. The molecule has 4 nitrogen and oxygen atoms in total. The quantitative estimate of drug-likeness (QED) is 0.789. The minimum Gasteiger partial charge on any atom is -0.373 e. The van der Waals surface area contributed by atoms with Gasteiger partial charge in [0.05, 0.1) is 12.3 Å². The summed E-state index contributed by atoms with van der Waals surface area (Å²) in [5, 5.41) is 7.88. The zero-order valence-corrected chi connectivity index (χ0v) is 11.6. The maximum Gasteiger partial charge on any atom is 0.0895 e. The minimum atomic E-state index is 0.225. The van der Waals surface area contributed by atoms with Crippen LogP contribution >= 0.6 is 0 Å². The van der Waals surface area contributed by atoms with Gasteiger partial charge in [-0.3, -0.25) is 4.68 Å². The number of nitrogens with one attached hydrogen (secondary N) is 1. The molecule has 2 atom stereocenters. The first-order valence-electron chi connectivity index (χ1n) is 7.19. The second-order valence-corrected chi connectivity index (χ2v) is 5.03. The van der Waals surface area contributed by atoms with Gasteiger partial charge in [-0.2, -0.15) is 5.10 Å². The van der Waals surface area contributed by atoms with Crippen LogP contribution in [0.4, 0.5) is 0 Å². The molecule has 0 amide bonds. The van der Waals surface area contributed by atoms with Crippen LogP contribution in [0.15, 0.2) is 12.4 Å². The number of nitrogens with zero attached hydrogens (tertiary/aromatic N) is 2. The molecule has 4 heteroatoms. The SMILES string of the molecule is CCCNCC1CCCOC1c1cnn(CC)c1.